The highest BCUT2D eigenvalue weighted by Gasteiger charge is 2.21. The lowest BCUT2D eigenvalue weighted by Crippen LogP contribution is -1.93. The van der Waals surface area contributed by atoms with E-state index < -0.39 is 0 Å². The molecule has 2 aromatic heterocycles. The zero-order valence-corrected chi connectivity index (χ0v) is 21.7. The average Bonchev–Trinajstić information content (AvgIpc) is 3.35. The van der Waals surface area contributed by atoms with Gasteiger partial charge < -0.3 is 32.8 Å². The molecule has 5 rings (SSSR count). The molecule has 5 aromatic rings. The molecular weight excluding hydrogens is 470 g/mol. The van der Waals surface area contributed by atoms with Gasteiger partial charge in [-0.1, -0.05) is 12.1 Å². The summed E-state index contributed by atoms with van der Waals surface area (Å²) in [6.07, 6.45) is 4.18. The average molecular weight is 500 g/mol. The van der Waals surface area contributed by atoms with Crippen molar-refractivity contribution >= 4 is 16.3 Å². The van der Waals surface area contributed by atoms with Crippen LogP contribution in [-0.4, -0.2) is 47.1 Å². The largest absolute Gasteiger partial charge is 0.493 e. The first-order valence-corrected chi connectivity index (χ1v) is 11.7. The molecule has 7 nitrogen and oxygen atoms in total. The van der Waals surface area contributed by atoms with Crippen molar-refractivity contribution < 1.29 is 28.4 Å². The molecule has 7 heteroatoms. The molecule has 2 heterocycles. The van der Waals surface area contributed by atoms with E-state index in [1.54, 1.807) is 42.7 Å². The standard InChI is InChI=1S/C30H29NO6/c1-32-23-9-7-18(13-25(23)34-3)22-17-31-12-11-19-14-27(36-5)28(37-6)16-21(19)30(31)29(22)20-8-10-24(33-2)26(15-20)35-4/h7-17H,1-6H3. The highest BCUT2D eigenvalue weighted by molar-refractivity contribution is 6.09. The molecule has 0 unspecified atom stereocenters. The first-order valence-electron chi connectivity index (χ1n) is 11.7. The summed E-state index contributed by atoms with van der Waals surface area (Å²) in [6, 6.07) is 18.0. The number of fused-ring (bicyclic) bond motifs is 3. The van der Waals surface area contributed by atoms with Crippen molar-refractivity contribution in [3.8, 4) is 56.8 Å². The van der Waals surface area contributed by atoms with Crippen molar-refractivity contribution in [2.75, 3.05) is 42.7 Å². The summed E-state index contributed by atoms with van der Waals surface area (Å²) < 4.78 is 35.6. The van der Waals surface area contributed by atoms with E-state index >= 15 is 0 Å². The molecule has 0 atom stereocenters. The van der Waals surface area contributed by atoms with E-state index in [1.807, 2.05) is 48.5 Å². The molecule has 0 aliphatic rings. The van der Waals surface area contributed by atoms with E-state index in [-0.39, 0.29) is 0 Å². The Labute approximate surface area is 215 Å². The summed E-state index contributed by atoms with van der Waals surface area (Å²) in [7, 11) is 9.83. The van der Waals surface area contributed by atoms with Crippen LogP contribution < -0.4 is 28.4 Å². The van der Waals surface area contributed by atoms with E-state index in [0.717, 1.165) is 38.5 Å². The second-order valence-electron chi connectivity index (χ2n) is 8.42. The van der Waals surface area contributed by atoms with Crippen LogP contribution in [0, 0.1) is 0 Å². The molecule has 0 bridgehead atoms. The minimum atomic E-state index is 0.650. The van der Waals surface area contributed by atoms with E-state index in [2.05, 4.69) is 22.9 Å². The quantitative estimate of drug-likeness (QED) is 0.244. The fourth-order valence-electron chi connectivity index (χ4n) is 4.82. The van der Waals surface area contributed by atoms with Gasteiger partial charge in [-0.2, -0.15) is 0 Å². The molecule has 3 aromatic carbocycles. The normalized spacial score (nSPS) is 11.0. The predicted octanol–water partition coefficient (Wildman–Crippen LogP) is 6.48. The van der Waals surface area contributed by atoms with Crippen molar-refractivity contribution in [3.05, 3.63) is 67.0 Å². The Bertz CT molecular complexity index is 1600. The predicted molar refractivity (Wildman–Crippen MR) is 145 cm³/mol. The molecule has 37 heavy (non-hydrogen) atoms. The summed E-state index contributed by atoms with van der Waals surface area (Å²) in [5, 5.41) is 2.06. The van der Waals surface area contributed by atoms with Crippen LogP contribution in [0.25, 0.3) is 38.5 Å². The second-order valence-corrected chi connectivity index (χ2v) is 8.42. The first-order chi connectivity index (χ1) is 18.1. The lowest BCUT2D eigenvalue weighted by molar-refractivity contribution is 0.355. The third-order valence-corrected chi connectivity index (χ3v) is 6.62. The van der Waals surface area contributed by atoms with Crippen molar-refractivity contribution in [1.82, 2.24) is 4.40 Å². The van der Waals surface area contributed by atoms with Crippen LogP contribution in [0.4, 0.5) is 0 Å². The Morgan fingerprint density at radius 1 is 0.514 bits per heavy atom. The number of methoxy groups -OCH3 is 6. The highest BCUT2D eigenvalue weighted by atomic mass is 16.5. The third-order valence-electron chi connectivity index (χ3n) is 6.62. The van der Waals surface area contributed by atoms with Gasteiger partial charge in [0, 0.05) is 28.9 Å². The van der Waals surface area contributed by atoms with Crippen molar-refractivity contribution in [2.24, 2.45) is 0 Å². The van der Waals surface area contributed by atoms with Crippen LogP contribution in [0.15, 0.2) is 67.0 Å². The zero-order chi connectivity index (χ0) is 26.1. The Hall–Kier alpha value is -4.52. The Kier molecular flexibility index (Phi) is 6.44. The number of hydrogen-bond acceptors (Lipinski definition) is 6. The van der Waals surface area contributed by atoms with Gasteiger partial charge in [0.2, 0.25) is 0 Å². The smallest absolute Gasteiger partial charge is 0.161 e. The molecule has 0 saturated heterocycles. The number of pyridine rings is 1. The van der Waals surface area contributed by atoms with Gasteiger partial charge in [-0.05, 0) is 59.0 Å². The topological polar surface area (TPSA) is 59.8 Å². The van der Waals surface area contributed by atoms with Crippen LogP contribution in [0.2, 0.25) is 0 Å². The van der Waals surface area contributed by atoms with Gasteiger partial charge in [0.05, 0.1) is 48.2 Å². The number of benzene rings is 3. The third kappa shape index (κ3) is 4.02. The molecular formula is C30H29NO6. The minimum Gasteiger partial charge on any atom is -0.493 e. The van der Waals surface area contributed by atoms with Crippen molar-refractivity contribution in [3.63, 3.8) is 0 Å². The summed E-state index contributed by atoms with van der Waals surface area (Å²) in [4.78, 5) is 0. The van der Waals surface area contributed by atoms with Gasteiger partial charge in [-0.25, -0.2) is 0 Å². The monoisotopic (exact) mass is 499 g/mol. The summed E-state index contributed by atoms with van der Waals surface area (Å²) >= 11 is 0. The van der Waals surface area contributed by atoms with Crippen LogP contribution in [-0.2, 0) is 0 Å². The molecule has 0 fully saturated rings. The number of rotatable bonds is 8. The van der Waals surface area contributed by atoms with Crippen LogP contribution in [0.1, 0.15) is 0 Å². The number of hydrogen-bond donors (Lipinski definition) is 0. The molecule has 190 valence electrons. The van der Waals surface area contributed by atoms with E-state index in [9.17, 15) is 0 Å². The fourth-order valence-corrected chi connectivity index (χ4v) is 4.82. The van der Waals surface area contributed by atoms with Crippen LogP contribution in [0.5, 0.6) is 34.5 Å². The SMILES string of the molecule is COc1ccc(-c2cn3ccc4cc(OC)c(OC)cc4c3c2-c2ccc(OC)c(OC)c2)cc1OC. The molecule has 0 N–H and O–H groups in total. The maximum absolute atomic E-state index is 5.65. The van der Waals surface area contributed by atoms with Gasteiger partial charge in [0.25, 0.3) is 0 Å². The molecule has 0 radical (unpaired) electrons. The van der Waals surface area contributed by atoms with Gasteiger partial charge in [-0.3, -0.25) is 0 Å². The lowest BCUT2D eigenvalue weighted by Gasteiger charge is -2.14. The van der Waals surface area contributed by atoms with E-state index in [4.69, 9.17) is 28.4 Å². The van der Waals surface area contributed by atoms with Gasteiger partial charge >= 0.3 is 0 Å². The molecule has 0 aliphatic carbocycles. The molecule has 0 saturated carbocycles. The number of ether oxygens (including phenoxy) is 6. The van der Waals surface area contributed by atoms with Crippen molar-refractivity contribution in [2.45, 2.75) is 0 Å². The maximum atomic E-state index is 5.65. The van der Waals surface area contributed by atoms with Gasteiger partial charge in [0.1, 0.15) is 0 Å². The molecule has 0 spiro atoms. The lowest BCUT2D eigenvalue weighted by atomic mass is 9.95. The van der Waals surface area contributed by atoms with Gasteiger partial charge in [-0.15, -0.1) is 0 Å². The van der Waals surface area contributed by atoms with Crippen LogP contribution >= 0.6 is 0 Å². The van der Waals surface area contributed by atoms with E-state index in [0.29, 0.717) is 34.5 Å². The number of nitrogens with zero attached hydrogens (tertiary/aromatic N) is 1. The highest BCUT2D eigenvalue weighted by Crippen LogP contribution is 2.45. The fraction of sp³-hybridized carbons (Fsp3) is 0.200. The Balaban J connectivity index is 1.89. The Morgan fingerprint density at radius 2 is 1.03 bits per heavy atom. The second kappa shape index (κ2) is 9.85. The van der Waals surface area contributed by atoms with Crippen LogP contribution in [0.3, 0.4) is 0 Å². The summed E-state index contributed by atoms with van der Waals surface area (Å²) in [5.41, 5.74) is 5.05. The summed E-state index contributed by atoms with van der Waals surface area (Å²) in [6.45, 7) is 0. The molecule has 0 aliphatic heterocycles. The minimum absolute atomic E-state index is 0.650. The molecule has 0 amide bonds. The first kappa shape index (κ1) is 24.2. The zero-order valence-electron chi connectivity index (χ0n) is 21.7. The summed E-state index contributed by atoms with van der Waals surface area (Å²) in [5.74, 6) is 3.99. The van der Waals surface area contributed by atoms with E-state index in [1.165, 1.54) is 0 Å². The van der Waals surface area contributed by atoms with Crippen molar-refractivity contribution in [1.29, 1.82) is 0 Å². The van der Waals surface area contributed by atoms with Gasteiger partial charge in [0.15, 0.2) is 34.5 Å². The number of aromatic nitrogens is 1. The Morgan fingerprint density at radius 3 is 1.62 bits per heavy atom. The maximum Gasteiger partial charge on any atom is 0.161 e.